The van der Waals surface area contributed by atoms with E-state index in [0.717, 1.165) is 22.0 Å². The van der Waals surface area contributed by atoms with Crippen molar-refractivity contribution < 1.29 is 28.8 Å². The Balaban J connectivity index is 2.29. The molecule has 0 saturated carbocycles. The molecule has 1 N–H and O–H groups in total. The van der Waals surface area contributed by atoms with Gasteiger partial charge in [-0.15, -0.1) is 0 Å². The predicted molar refractivity (Wildman–Crippen MR) is 116 cm³/mol. The van der Waals surface area contributed by atoms with E-state index in [9.17, 15) is 9.90 Å². The number of benzene rings is 2. The first-order chi connectivity index (χ1) is 14.5. The molecule has 1 aliphatic heterocycles. The summed E-state index contributed by atoms with van der Waals surface area (Å²) < 4.78 is 23.0. The number of nitrogens with zero attached hydrogens (tertiary/aromatic N) is 1. The van der Waals surface area contributed by atoms with E-state index < -0.39 is 18.1 Å². The second-order valence-electron chi connectivity index (χ2n) is 6.94. The number of hydrogen-bond acceptors (Lipinski definition) is 6. The molecular formula is C22H26BrNO6. The molecule has 0 radical (unpaired) electrons. The molecule has 7 nitrogen and oxygen atoms in total. The minimum absolute atomic E-state index is 0.436. The van der Waals surface area contributed by atoms with Crippen molar-refractivity contribution in [2.75, 3.05) is 35.0 Å². The molecule has 0 aromatic heterocycles. The largest absolute Gasteiger partial charge is 0.496 e. The third-order valence-corrected chi connectivity index (χ3v) is 6.13. The van der Waals surface area contributed by atoms with E-state index in [-0.39, 0.29) is 0 Å². The first kappa shape index (κ1) is 22.2. The SMILES string of the molecule is COc1cc(Br)c(C(c2c(OC)cccc2OC)N2CCCC2C(=O)O)cc1OC. The summed E-state index contributed by atoms with van der Waals surface area (Å²) in [6, 6.07) is 8.20. The van der Waals surface area contributed by atoms with Crippen LogP contribution >= 0.6 is 15.9 Å². The minimum atomic E-state index is -0.844. The molecule has 0 amide bonds. The minimum Gasteiger partial charge on any atom is -0.496 e. The monoisotopic (exact) mass is 479 g/mol. The number of rotatable bonds is 8. The number of halogens is 1. The summed E-state index contributed by atoms with van der Waals surface area (Å²) in [6.45, 7) is 0.629. The average molecular weight is 480 g/mol. The maximum absolute atomic E-state index is 12.0. The molecule has 8 heteroatoms. The van der Waals surface area contributed by atoms with E-state index in [1.807, 2.05) is 35.2 Å². The zero-order valence-corrected chi connectivity index (χ0v) is 19.1. The van der Waals surface area contributed by atoms with Gasteiger partial charge in [0.05, 0.1) is 40.0 Å². The van der Waals surface area contributed by atoms with Gasteiger partial charge in [-0.25, -0.2) is 0 Å². The topological polar surface area (TPSA) is 77.5 Å². The first-order valence-corrected chi connectivity index (χ1v) is 10.4. The van der Waals surface area contributed by atoms with Gasteiger partial charge >= 0.3 is 5.97 Å². The molecule has 2 aromatic carbocycles. The van der Waals surface area contributed by atoms with Crippen molar-refractivity contribution in [1.82, 2.24) is 4.90 Å². The van der Waals surface area contributed by atoms with Crippen LogP contribution in [-0.4, -0.2) is 57.0 Å². The summed E-state index contributed by atoms with van der Waals surface area (Å²) in [7, 11) is 6.34. The second kappa shape index (κ2) is 9.57. The zero-order valence-electron chi connectivity index (χ0n) is 17.5. The number of ether oxygens (including phenoxy) is 4. The highest BCUT2D eigenvalue weighted by molar-refractivity contribution is 9.10. The number of aliphatic carboxylic acids is 1. The van der Waals surface area contributed by atoms with Crippen LogP contribution in [-0.2, 0) is 4.79 Å². The van der Waals surface area contributed by atoms with Gasteiger partial charge in [0.15, 0.2) is 11.5 Å². The maximum atomic E-state index is 12.0. The molecule has 162 valence electrons. The molecule has 0 aliphatic carbocycles. The summed E-state index contributed by atoms with van der Waals surface area (Å²) >= 11 is 3.65. The van der Waals surface area contributed by atoms with E-state index in [2.05, 4.69) is 15.9 Å². The molecule has 1 heterocycles. The van der Waals surface area contributed by atoms with E-state index in [4.69, 9.17) is 18.9 Å². The predicted octanol–water partition coefficient (Wildman–Crippen LogP) is 4.12. The lowest BCUT2D eigenvalue weighted by Crippen LogP contribution is -2.39. The number of methoxy groups -OCH3 is 4. The van der Waals surface area contributed by atoms with Crippen LogP contribution in [0.2, 0.25) is 0 Å². The van der Waals surface area contributed by atoms with Crippen LogP contribution in [0.1, 0.15) is 30.0 Å². The van der Waals surface area contributed by atoms with Gasteiger partial charge in [0.25, 0.3) is 0 Å². The van der Waals surface area contributed by atoms with E-state index >= 15 is 0 Å². The van der Waals surface area contributed by atoms with E-state index in [1.54, 1.807) is 28.4 Å². The Morgan fingerprint density at radius 2 is 1.60 bits per heavy atom. The van der Waals surface area contributed by atoms with Crippen LogP contribution in [0.4, 0.5) is 0 Å². The quantitative estimate of drug-likeness (QED) is 0.609. The number of carboxylic acids is 1. The lowest BCUT2D eigenvalue weighted by Gasteiger charge is -2.34. The van der Waals surface area contributed by atoms with Gasteiger partial charge in [0.2, 0.25) is 0 Å². The molecule has 1 saturated heterocycles. The number of carboxylic acid groups (broad SMARTS) is 1. The molecule has 2 atom stereocenters. The van der Waals surface area contributed by atoms with Gasteiger partial charge in [-0.3, -0.25) is 9.69 Å². The van der Waals surface area contributed by atoms with Crippen LogP contribution < -0.4 is 18.9 Å². The van der Waals surface area contributed by atoms with Gasteiger partial charge in [-0.2, -0.15) is 0 Å². The molecule has 0 spiro atoms. The number of likely N-dealkylation sites (tertiary alicyclic amines) is 1. The standard InChI is InChI=1S/C22H26BrNO6/c1-27-16-8-5-9-17(28-2)20(16)21(24-10-6-7-15(24)22(25)26)13-11-18(29-3)19(30-4)12-14(13)23/h5,8-9,11-12,15,21H,6-7,10H2,1-4H3,(H,25,26). The van der Waals surface area contributed by atoms with Gasteiger partial charge < -0.3 is 24.1 Å². The normalized spacial score (nSPS) is 17.4. The highest BCUT2D eigenvalue weighted by atomic mass is 79.9. The molecule has 1 aliphatic rings. The fourth-order valence-corrected chi connectivity index (χ4v) is 4.63. The van der Waals surface area contributed by atoms with Crippen molar-refractivity contribution in [3.8, 4) is 23.0 Å². The summed E-state index contributed by atoms with van der Waals surface area (Å²) in [6.07, 6.45) is 1.37. The lowest BCUT2D eigenvalue weighted by atomic mass is 9.94. The Kier molecular flexibility index (Phi) is 7.10. The van der Waals surface area contributed by atoms with Crippen molar-refractivity contribution in [3.05, 3.63) is 45.9 Å². The molecule has 3 rings (SSSR count). The average Bonchev–Trinajstić information content (AvgIpc) is 3.24. The molecule has 1 fully saturated rings. The third-order valence-electron chi connectivity index (χ3n) is 5.45. The lowest BCUT2D eigenvalue weighted by molar-refractivity contribution is -0.142. The Labute approximate surface area is 184 Å². The zero-order chi connectivity index (χ0) is 21.8. The summed E-state index contributed by atoms with van der Waals surface area (Å²) in [4.78, 5) is 14.0. The Bertz CT molecular complexity index is 896. The highest BCUT2D eigenvalue weighted by Gasteiger charge is 2.40. The maximum Gasteiger partial charge on any atom is 0.320 e. The number of carbonyl (C=O) groups is 1. The molecule has 30 heavy (non-hydrogen) atoms. The van der Waals surface area contributed by atoms with Crippen LogP contribution in [0.3, 0.4) is 0 Å². The van der Waals surface area contributed by atoms with Crippen LogP contribution in [0.5, 0.6) is 23.0 Å². The molecular weight excluding hydrogens is 454 g/mol. The summed E-state index contributed by atoms with van der Waals surface area (Å²) in [5.74, 6) is 1.54. The van der Waals surface area contributed by atoms with Gasteiger partial charge in [-0.1, -0.05) is 22.0 Å². The van der Waals surface area contributed by atoms with Crippen LogP contribution in [0, 0.1) is 0 Å². The smallest absolute Gasteiger partial charge is 0.320 e. The summed E-state index contributed by atoms with van der Waals surface area (Å²) in [5.41, 5.74) is 1.60. The van der Waals surface area contributed by atoms with E-state index in [0.29, 0.717) is 36.0 Å². The van der Waals surface area contributed by atoms with Crippen LogP contribution in [0.25, 0.3) is 0 Å². The fraction of sp³-hybridized carbons (Fsp3) is 0.409. The highest BCUT2D eigenvalue weighted by Crippen LogP contribution is 2.47. The third kappa shape index (κ3) is 4.06. The van der Waals surface area contributed by atoms with Crippen LogP contribution in [0.15, 0.2) is 34.8 Å². The van der Waals surface area contributed by atoms with Crippen molar-refractivity contribution >= 4 is 21.9 Å². The second-order valence-corrected chi connectivity index (χ2v) is 7.80. The van der Waals surface area contributed by atoms with Gasteiger partial charge in [0.1, 0.15) is 17.5 Å². The first-order valence-electron chi connectivity index (χ1n) is 9.57. The summed E-state index contributed by atoms with van der Waals surface area (Å²) in [5, 5.41) is 9.87. The fourth-order valence-electron chi connectivity index (χ4n) is 4.09. The van der Waals surface area contributed by atoms with Gasteiger partial charge in [0, 0.05) is 11.0 Å². The van der Waals surface area contributed by atoms with Gasteiger partial charge in [-0.05, 0) is 42.7 Å². The Morgan fingerprint density at radius 1 is 1.03 bits per heavy atom. The van der Waals surface area contributed by atoms with Crippen molar-refractivity contribution in [1.29, 1.82) is 0 Å². The number of hydrogen-bond donors (Lipinski definition) is 1. The van der Waals surface area contributed by atoms with Crippen molar-refractivity contribution in [2.45, 2.75) is 24.9 Å². The molecule has 0 bridgehead atoms. The van der Waals surface area contributed by atoms with E-state index in [1.165, 1.54) is 0 Å². The molecule has 2 unspecified atom stereocenters. The van der Waals surface area contributed by atoms with Crippen molar-refractivity contribution in [3.63, 3.8) is 0 Å². The Morgan fingerprint density at radius 3 is 2.13 bits per heavy atom. The Hall–Kier alpha value is -2.45. The molecule has 2 aromatic rings. The van der Waals surface area contributed by atoms with Crippen molar-refractivity contribution in [2.24, 2.45) is 0 Å².